The molecule has 1 N–H and O–H groups in total. The number of sulfonamides is 1. The van der Waals surface area contributed by atoms with Crippen LogP contribution in [-0.4, -0.2) is 30.8 Å². The molecular formula is C20H20F3N3O4S. The Kier molecular flexibility index (Phi) is 6.43. The van der Waals surface area contributed by atoms with Crippen molar-refractivity contribution in [1.29, 1.82) is 0 Å². The molecule has 166 valence electrons. The number of carbonyl (C=O) groups is 1. The summed E-state index contributed by atoms with van der Waals surface area (Å²) in [5.41, 5.74) is -0.0830. The number of fused-ring (bicyclic) bond motifs is 1. The van der Waals surface area contributed by atoms with Crippen LogP contribution in [0.25, 0.3) is 0 Å². The Balaban J connectivity index is 1.90. The summed E-state index contributed by atoms with van der Waals surface area (Å²) in [6.07, 6.45) is 3.53. The summed E-state index contributed by atoms with van der Waals surface area (Å²) in [5.74, 6) is 1.58. The van der Waals surface area contributed by atoms with Crippen LogP contribution in [0.1, 0.15) is 48.2 Å². The Bertz CT molecular complexity index is 1130. The third-order valence-electron chi connectivity index (χ3n) is 4.86. The molecule has 0 aliphatic heterocycles. The Morgan fingerprint density at radius 1 is 1.39 bits per heavy atom. The number of terminal acetylenes is 1. The number of ether oxygens (including phenoxy) is 1. The number of rotatable bonds is 6. The van der Waals surface area contributed by atoms with Gasteiger partial charge in [-0.2, -0.15) is 18.3 Å². The number of alkyl halides is 3. The van der Waals surface area contributed by atoms with Crippen molar-refractivity contribution in [1.82, 2.24) is 14.5 Å². The van der Waals surface area contributed by atoms with Crippen LogP contribution in [0.2, 0.25) is 0 Å². The van der Waals surface area contributed by atoms with Crippen molar-refractivity contribution in [2.75, 3.05) is 6.61 Å². The molecule has 7 nitrogen and oxygen atoms in total. The summed E-state index contributed by atoms with van der Waals surface area (Å²) in [6, 6.07) is 1.59. The number of hydrogen-bond acceptors (Lipinski definition) is 5. The summed E-state index contributed by atoms with van der Waals surface area (Å²) in [7, 11) is -4.31. The van der Waals surface area contributed by atoms with E-state index < -0.39 is 38.7 Å². The van der Waals surface area contributed by atoms with Crippen molar-refractivity contribution < 1.29 is 31.1 Å². The molecule has 0 saturated carbocycles. The SMILES string of the molecule is C#Cc1cc(C(F)(F)F)cc(S(=O)(=O)NC2CCCc3c2cnn3CC(=O)OCC)c1. The van der Waals surface area contributed by atoms with Crippen LogP contribution in [-0.2, 0) is 38.7 Å². The van der Waals surface area contributed by atoms with E-state index >= 15 is 0 Å². The fraction of sp³-hybridized carbons (Fsp3) is 0.400. The van der Waals surface area contributed by atoms with E-state index in [9.17, 15) is 26.4 Å². The van der Waals surface area contributed by atoms with Crippen molar-refractivity contribution in [3.8, 4) is 12.3 Å². The van der Waals surface area contributed by atoms with Gasteiger partial charge in [0.25, 0.3) is 0 Å². The van der Waals surface area contributed by atoms with Crippen LogP contribution < -0.4 is 4.72 Å². The van der Waals surface area contributed by atoms with Gasteiger partial charge in [-0.15, -0.1) is 6.42 Å². The number of carbonyl (C=O) groups excluding carboxylic acids is 1. The monoisotopic (exact) mass is 455 g/mol. The highest BCUT2D eigenvalue weighted by Gasteiger charge is 2.34. The van der Waals surface area contributed by atoms with Gasteiger partial charge in [0.15, 0.2) is 0 Å². The first-order valence-corrected chi connectivity index (χ1v) is 10.9. The largest absolute Gasteiger partial charge is 0.465 e. The number of esters is 1. The zero-order chi connectivity index (χ0) is 22.8. The maximum Gasteiger partial charge on any atom is 0.416 e. The third kappa shape index (κ3) is 5.08. The predicted octanol–water partition coefficient (Wildman–Crippen LogP) is 2.80. The molecule has 0 saturated heterocycles. The maximum absolute atomic E-state index is 13.2. The molecule has 1 aliphatic rings. The van der Waals surface area contributed by atoms with E-state index in [0.29, 0.717) is 36.6 Å². The maximum atomic E-state index is 13.2. The van der Waals surface area contributed by atoms with Gasteiger partial charge in [0.05, 0.1) is 29.3 Å². The molecule has 0 spiro atoms. The second-order valence-corrected chi connectivity index (χ2v) is 8.68. The first-order valence-electron chi connectivity index (χ1n) is 9.46. The van der Waals surface area contributed by atoms with Gasteiger partial charge in [0, 0.05) is 16.8 Å². The minimum atomic E-state index is -4.75. The molecule has 2 aromatic rings. The number of benzene rings is 1. The van der Waals surface area contributed by atoms with E-state index in [1.165, 1.54) is 10.9 Å². The molecule has 1 aliphatic carbocycles. The Morgan fingerprint density at radius 3 is 2.77 bits per heavy atom. The fourth-order valence-electron chi connectivity index (χ4n) is 3.46. The Hall–Kier alpha value is -2.84. The predicted molar refractivity (Wildman–Crippen MR) is 104 cm³/mol. The van der Waals surface area contributed by atoms with E-state index in [1.54, 1.807) is 6.92 Å². The summed E-state index contributed by atoms with van der Waals surface area (Å²) in [4.78, 5) is 11.2. The van der Waals surface area contributed by atoms with Crippen molar-refractivity contribution in [3.63, 3.8) is 0 Å². The molecule has 1 unspecified atom stereocenters. The minimum Gasteiger partial charge on any atom is -0.465 e. The zero-order valence-corrected chi connectivity index (χ0v) is 17.4. The molecule has 0 fully saturated rings. The van der Waals surface area contributed by atoms with Gasteiger partial charge in [0.2, 0.25) is 10.0 Å². The molecule has 0 radical (unpaired) electrons. The quantitative estimate of drug-likeness (QED) is 0.535. The molecule has 1 aromatic carbocycles. The van der Waals surface area contributed by atoms with Gasteiger partial charge in [-0.3, -0.25) is 9.48 Å². The van der Waals surface area contributed by atoms with Crippen LogP contribution in [0.5, 0.6) is 0 Å². The Labute approximate surface area is 177 Å². The first-order chi connectivity index (χ1) is 14.5. The second kappa shape index (κ2) is 8.72. The number of nitrogens with one attached hydrogen (secondary N) is 1. The highest BCUT2D eigenvalue weighted by molar-refractivity contribution is 7.89. The van der Waals surface area contributed by atoms with Gasteiger partial charge in [-0.1, -0.05) is 5.92 Å². The van der Waals surface area contributed by atoms with Crippen LogP contribution >= 0.6 is 0 Å². The minimum absolute atomic E-state index is 0.109. The molecule has 0 amide bonds. The highest BCUT2D eigenvalue weighted by atomic mass is 32.2. The lowest BCUT2D eigenvalue weighted by molar-refractivity contribution is -0.144. The van der Waals surface area contributed by atoms with Gasteiger partial charge in [0.1, 0.15) is 6.54 Å². The molecule has 3 rings (SSSR count). The topological polar surface area (TPSA) is 90.3 Å². The third-order valence-corrected chi connectivity index (χ3v) is 6.31. The van der Waals surface area contributed by atoms with Crippen LogP contribution in [0, 0.1) is 12.3 Å². The molecule has 1 heterocycles. The smallest absolute Gasteiger partial charge is 0.416 e. The average Bonchev–Trinajstić information content (AvgIpc) is 3.10. The van der Waals surface area contributed by atoms with Crippen molar-refractivity contribution in [3.05, 3.63) is 46.8 Å². The number of nitrogens with zero attached hydrogens (tertiary/aromatic N) is 2. The average molecular weight is 455 g/mol. The van der Waals surface area contributed by atoms with Gasteiger partial charge >= 0.3 is 12.1 Å². The lowest BCUT2D eigenvalue weighted by Crippen LogP contribution is -2.31. The van der Waals surface area contributed by atoms with Crippen LogP contribution in [0.4, 0.5) is 13.2 Å². The lowest BCUT2D eigenvalue weighted by Gasteiger charge is -2.24. The number of halogens is 3. The van der Waals surface area contributed by atoms with E-state index in [0.717, 1.165) is 12.1 Å². The second-order valence-electron chi connectivity index (χ2n) is 6.96. The molecule has 0 bridgehead atoms. The van der Waals surface area contributed by atoms with E-state index in [4.69, 9.17) is 11.2 Å². The normalized spacial score (nSPS) is 16.4. The van der Waals surface area contributed by atoms with Gasteiger partial charge < -0.3 is 4.74 Å². The Morgan fingerprint density at radius 2 is 2.13 bits per heavy atom. The first kappa shape index (κ1) is 22.8. The van der Waals surface area contributed by atoms with Crippen molar-refractivity contribution in [2.45, 2.75) is 49.8 Å². The molecule has 31 heavy (non-hydrogen) atoms. The summed E-state index contributed by atoms with van der Waals surface area (Å²) >= 11 is 0. The summed E-state index contributed by atoms with van der Waals surface area (Å²) in [5, 5.41) is 4.15. The molecule has 11 heteroatoms. The highest BCUT2D eigenvalue weighted by Crippen LogP contribution is 2.34. The van der Waals surface area contributed by atoms with E-state index in [1.807, 2.05) is 0 Å². The van der Waals surface area contributed by atoms with Crippen molar-refractivity contribution in [2.24, 2.45) is 0 Å². The number of hydrogen-bond donors (Lipinski definition) is 1. The van der Waals surface area contributed by atoms with Gasteiger partial charge in [-0.25, -0.2) is 13.1 Å². The van der Waals surface area contributed by atoms with E-state index in [-0.39, 0.29) is 18.7 Å². The summed E-state index contributed by atoms with van der Waals surface area (Å²) in [6.45, 7) is 1.80. The van der Waals surface area contributed by atoms with Crippen LogP contribution in [0.3, 0.4) is 0 Å². The lowest BCUT2D eigenvalue weighted by atomic mass is 9.94. The van der Waals surface area contributed by atoms with Crippen LogP contribution in [0.15, 0.2) is 29.3 Å². The van der Waals surface area contributed by atoms with Gasteiger partial charge in [-0.05, 0) is 44.4 Å². The standard InChI is InChI=1S/C20H20F3N3O4S/c1-3-13-8-14(20(21,22)23)10-15(9-13)31(28,29)25-17-6-5-7-18-16(17)11-24-26(18)12-19(27)30-4-2/h1,8-11,17,25H,4-7,12H2,2H3. The molecule has 1 atom stereocenters. The zero-order valence-electron chi connectivity index (χ0n) is 16.6. The number of aromatic nitrogens is 2. The van der Waals surface area contributed by atoms with Crippen molar-refractivity contribution >= 4 is 16.0 Å². The van der Waals surface area contributed by atoms with E-state index in [2.05, 4.69) is 15.7 Å². The summed E-state index contributed by atoms with van der Waals surface area (Å²) < 4.78 is 74.1. The molecule has 1 aromatic heterocycles. The fourth-order valence-corrected chi connectivity index (χ4v) is 4.78. The molecular weight excluding hydrogens is 435 g/mol.